The number of hydrogen-bond acceptors (Lipinski definition) is 4. The van der Waals surface area contributed by atoms with Crippen LogP contribution < -0.4 is 16.0 Å². The van der Waals surface area contributed by atoms with Gasteiger partial charge in [-0.2, -0.15) is 11.8 Å². The zero-order valence-electron chi connectivity index (χ0n) is 14.3. The minimum absolute atomic E-state index is 0. The maximum atomic E-state index is 11.4. The fourth-order valence-corrected chi connectivity index (χ4v) is 1.95. The number of alkyl carbamates (subject to hydrolysis) is 1. The summed E-state index contributed by atoms with van der Waals surface area (Å²) in [5, 5.41) is 9.08. The predicted molar refractivity (Wildman–Crippen MR) is 107 cm³/mol. The van der Waals surface area contributed by atoms with E-state index in [2.05, 4.69) is 27.2 Å². The quantitative estimate of drug-likeness (QED) is 0.231. The molecule has 0 aliphatic rings. The van der Waals surface area contributed by atoms with Crippen molar-refractivity contribution in [1.82, 2.24) is 16.0 Å². The van der Waals surface area contributed by atoms with Crippen LogP contribution in [0.5, 0.6) is 0 Å². The summed E-state index contributed by atoms with van der Waals surface area (Å²) in [6.45, 7) is 7.51. The molecule has 0 atom stereocenters. The monoisotopic (exact) mass is 446 g/mol. The van der Waals surface area contributed by atoms with Crippen molar-refractivity contribution in [3.05, 3.63) is 0 Å². The molecule has 22 heavy (non-hydrogen) atoms. The van der Waals surface area contributed by atoms with E-state index >= 15 is 0 Å². The minimum atomic E-state index is -0.466. The Labute approximate surface area is 156 Å². The summed E-state index contributed by atoms with van der Waals surface area (Å²) in [5.41, 5.74) is -0.466. The van der Waals surface area contributed by atoms with Gasteiger partial charge in [0, 0.05) is 26.7 Å². The van der Waals surface area contributed by atoms with Gasteiger partial charge in [0.1, 0.15) is 5.60 Å². The molecule has 3 N–H and O–H groups in total. The van der Waals surface area contributed by atoms with Gasteiger partial charge in [-0.3, -0.25) is 4.99 Å². The van der Waals surface area contributed by atoms with E-state index in [1.807, 2.05) is 32.5 Å². The van der Waals surface area contributed by atoms with E-state index in [1.54, 1.807) is 7.05 Å². The average molecular weight is 446 g/mol. The SMILES string of the molecule is CN=C(NCCCCSC)NCCNC(=O)OC(C)(C)C.I. The summed E-state index contributed by atoms with van der Waals surface area (Å²) < 4.78 is 5.15. The van der Waals surface area contributed by atoms with Crippen LogP contribution in [0.2, 0.25) is 0 Å². The van der Waals surface area contributed by atoms with Gasteiger partial charge in [-0.25, -0.2) is 4.79 Å². The highest BCUT2D eigenvalue weighted by molar-refractivity contribution is 14.0. The van der Waals surface area contributed by atoms with Gasteiger partial charge < -0.3 is 20.7 Å². The summed E-state index contributed by atoms with van der Waals surface area (Å²) in [5.74, 6) is 1.94. The van der Waals surface area contributed by atoms with Crippen LogP contribution >= 0.6 is 35.7 Å². The Morgan fingerprint density at radius 3 is 2.23 bits per heavy atom. The van der Waals surface area contributed by atoms with E-state index in [0.717, 1.165) is 18.9 Å². The summed E-state index contributed by atoms with van der Waals surface area (Å²) in [7, 11) is 1.73. The maximum absolute atomic E-state index is 11.4. The van der Waals surface area contributed by atoms with Crippen LogP contribution in [0.3, 0.4) is 0 Å². The van der Waals surface area contributed by atoms with E-state index in [0.29, 0.717) is 13.1 Å². The van der Waals surface area contributed by atoms with Gasteiger partial charge in [-0.1, -0.05) is 0 Å². The Hall–Kier alpha value is -0.380. The smallest absolute Gasteiger partial charge is 0.407 e. The van der Waals surface area contributed by atoms with Crippen molar-refractivity contribution in [3.8, 4) is 0 Å². The second kappa shape index (κ2) is 14.2. The molecule has 0 bridgehead atoms. The Balaban J connectivity index is 0. The first-order valence-electron chi connectivity index (χ1n) is 7.29. The van der Waals surface area contributed by atoms with Crippen LogP contribution in [0.1, 0.15) is 33.6 Å². The van der Waals surface area contributed by atoms with Crippen LogP contribution in [0.4, 0.5) is 4.79 Å². The molecule has 0 aliphatic heterocycles. The van der Waals surface area contributed by atoms with Crippen LogP contribution in [0, 0.1) is 0 Å². The highest BCUT2D eigenvalue weighted by Crippen LogP contribution is 2.05. The Morgan fingerprint density at radius 2 is 1.68 bits per heavy atom. The molecule has 1 amide bonds. The van der Waals surface area contributed by atoms with Crippen molar-refractivity contribution in [3.63, 3.8) is 0 Å². The minimum Gasteiger partial charge on any atom is -0.444 e. The third-order valence-corrected chi connectivity index (χ3v) is 3.07. The van der Waals surface area contributed by atoms with Gasteiger partial charge in [0.25, 0.3) is 0 Å². The molecule has 0 saturated heterocycles. The number of nitrogens with one attached hydrogen (secondary N) is 3. The molecule has 0 aromatic heterocycles. The lowest BCUT2D eigenvalue weighted by Gasteiger charge is -2.19. The zero-order chi connectivity index (χ0) is 16.1. The molecule has 0 saturated carbocycles. The molecule has 0 radical (unpaired) electrons. The maximum Gasteiger partial charge on any atom is 0.407 e. The Bertz CT molecular complexity index is 322. The van der Waals surface area contributed by atoms with Crippen molar-refractivity contribution in [2.45, 2.75) is 39.2 Å². The Morgan fingerprint density at radius 1 is 1.09 bits per heavy atom. The Kier molecular flexibility index (Phi) is 15.4. The number of halogens is 1. The molecule has 0 unspecified atom stereocenters. The fourth-order valence-electron chi connectivity index (χ4n) is 1.46. The zero-order valence-corrected chi connectivity index (χ0v) is 17.5. The topological polar surface area (TPSA) is 74.8 Å². The molecule has 0 rings (SSSR count). The molecular weight excluding hydrogens is 415 g/mol. The lowest BCUT2D eigenvalue weighted by atomic mass is 10.2. The highest BCUT2D eigenvalue weighted by Gasteiger charge is 2.15. The van der Waals surface area contributed by atoms with Crippen LogP contribution in [-0.2, 0) is 4.74 Å². The van der Waals surface area contributed by atoms with Crippen LogP contribution in [0.25, 0.3) is 0 Å². The van der Waals surface area contributed by atoms with Gasteiger partial charge >= 0.3 is 6.09 Å². The average Bonchev–Trinajstić information content (AvgIpc) is 2.39. The summed E-state index contributed by atoms with van der Waals surface area (Å²) >= 11 is 1.86. The second-order valence-corrected chi connectivity index (χ2v) is 6.54. The molecule has 0 aromatic rings. The lowest BCUT2D eigenvalue weighted by Crippen LogP contribution is -2.42. The number of unbranched alkanes of at least 4 members (excludes halogenated alkanes) is 1. The normalized spacial score (nSPS) is 11.4. The number of hydrogen-bond donors (Lipinski definition) is 3. The number of ether oxygens (including phenoxy) is 1. The first-order chi connectivity index (χ1) is 9.89. The van der Waals surface area contributed by atoms with E-state index in [-0.39, 0.29) is 24.0 Å². The first-order valence-corrected chi connectivity index (χ1v) is 8.68. The summed E-state index contributed by atoms with van der Waals surface area (Å²) in [4.78, 5) is 15.6. The number of carbonyl (C=O) groups excluding carboxylic acids is 1. The molecule has 6 nitrogen and oxygen atoms in total. The number of thioether (sulfide) groups is 1. The molecule has 0 aromatic carbocycles. The van der Waals surface area contributed by atoms with Crippen molar-refractivity contribution in [1.29, 1.82) is 0 Å². The largest absolute Gasteiger partial charge is 0.444 e. The standard InChI is InChI=1S/C14H30N4O2S.HI/c1-14(2,3)20-13(19)18-10-9-17-12(15-4)16-8-6-7-11-21-5;/h6-11H2,1-5H3,(H,18,19)(H2,15,16,17);1H. The molecule has 0 aliphatic carbocycles. The third-order valence-electron chi connectivity index (χ3n) is 2.38. The predicted octanol–water partition coefficient (Wildman–Crippen LogP) is 2.44. The van der Waals surface area contributed by atoms with E-state index < -0.39 is 11.7 Å². The van der Waals surface area contributed by atoms with E-state index in [4.69, 9.17) is 4.74 Å². The summed E-state index contributed by atoms with van der Waals surface area (Å²) in [6, 6.07) is 0. The van der Waals surface area contributed by atoms with Gasteiger partial charge in [-0.05, 0) is 45.6 Å². The summed E-state index contributed by atoms with van der Waals surface area (Å²) in [6.07, 6.45) is 4.04. The van der Waals surface area contributed by atoms with E-state index in [1.165, 1.54) is 12.2 Å². The van der Waals surface area contributed by atoms with Crippen LogP contribution in [0.15, 0.2) is 4.99 Å². The van der Waals surface area contributed by atoms with Crippen molar-refractivity contribution in [2.75, 3.05) is 38.7 Å². The molecule has 0 fully saturated rings. The van der Waals surface area contributed by atoms with Crippen molar-refractivity contribution >= 4 is 47.8 Å². The molecular formula is C14H31IN4O2S. The van der Waals surface area contributed by atoms with E-state index in [9.17, 15) is 4.79 Å². The lowest BCUT2D eigenvalue weighted by molar-refractivity contribution is 0.0529. The van der Waals surface area contributed by atoms with Gasteiger partial charge in [0.15, 0.2) is 5.96 Å². The third kappa shape index (κ3) is 16.0. The van der Waals surface area contributed by atoms with Crippen molar-refractivity contribution in [2.24, 2.45) is 4.99 Å². The number of amides is 1. The number of nitrogens with zero attached hydrogens (tertiary/aromatic N) is 1. The van der Waals surface area contributed by atoms with Gasteiger partial charge in [0.2, 0.25) is 0 Å². The number of carbonyl (C=O) groups is 1. The van der Waals surface area contributed by atoms with Crippen LogP contribution in [-0.4, -0.2) is 56.3 Å². The molecule has 132 valence electrons. The molecule has 0 spiro atoms. The first kappa shape index (κ1) is 23.9. The van der Waals surface area contributed by atoms with Gasteiger partial charge in [-0.15, -0.1) is 24.0 Å². The molecule has 0 heterocycles. The highest BCUT2D eigenvalue weighted by atomic mass is 127. The number of rotatable bonds is 8. The number of guanidine groups is 1. The van der Waals surface area contributed by atoms with Crippen molar-refractivity contribution < 1.29 is 9.53 Å². The fraction of sp³-hybridized carbons (Fsp3) is 0.857. The number of aliphatic imine (C=N–C) groups is 1. The molecule has 8 heteroatoms. The second-order valence-electron chi connectivity index (χ2n) is 5.55. The van der Waals surface area contributed by atoms with Gasteiger partial charge in [0.05, 0.1) is 0 Å².